The van der Waals surface area contributed by atoms with Crippen LogP contribution in [0, 0.1) is 13.8 Å². The summed E-state index contributed by atoms with van der Waals surface area (Å²) in [4.78, 5) is 31.5. The van der Waals surface area contributed by atoms with Gasteiger partial charge in [-0.3, -0.25) is 9.59 Å². The van der Waals surface area contributed by atoms with E-state index in [0.717, 1.165) is 33.8 Å². The van der Waals surface area contributed by atoms with Gasteiger partial charge in [0.1, 0.15) is 11.5 Å². The zero-order valence-corrected chi connectivity index (χ0v) is 16.7. The molecule has 0 saturated carbocycles. The van der Waals surface area contributed by atoms with Crippen LogP contribution in [-0.4, -0.2) is 39.4 Å². The summed E-state index contributed by atoms with van der Waals surface area (Å²) >= 11 is 0. The number of aromatic nitrogens is 2. The molecule has 0 unspecified atom stereocenters. The third kappa shape index (κ3) is 3.53. The summed E-state index contributed by atoms with van der Waals surface area (Å²) in [5.74, 6) is 0.198. The highest BCUT2D eigenvalue weighted by Gasteiger charge is 2.27. The van der Waals surface area contributed by atoms with Gasteiger partial charge < -0.3 is 15.2 Å². The van der Waals surface area contributed by atoms with Crippen molar-refractivity contribution in [3.8, 4) is 11.4 Å². The zero-order chi connectivity index (χ0) is 20.5. The normalized spacial score (nSPS) is 13.7. The van der Waals surface area contributed by atoms with Gasteiger partial charge in [-0.15, -0.1) is 0 Å². The number of imidazole rings is 1. The van der Waals surface area contributed by atoms with Gasteiger partial charge in [0.05, 0.1) is 5.69 Å². The number of rotatable bonds is 3. The standard InChI is InChI=1S/C23H24N4O2/c1-15-8-9-18(16(2)14-15)23(29)26-11-10-19-20(21(24)28)25-22(27(19)13-12-26)17-6-4-3-5-7-17/h3-9,14H,10-13H2,1-2H3,(H2,24,28). The van der Waals surface area contributed by atoms with Gasteiger partial charge in [0, 0.05) is 37.2 Å². The molecule has 2 amide bonds. The first-order chi connectivity index (χ1) is 14.0. The molecule has 6 nitrogen and oxygen atoms in total. The summed E-state index contributed by atoms with van der Waals surface area (Å²) in [5, 5.41) is 0. The van der Waals surface area contributed by atoms with Crippen molar-refractivity contribution in [1.82, 2.24) is 14.5 Å². The summed E-state index contributed by atoms with van der Waals surface area (Å²) in [7, 11) is 0. The number of carbonyl (C=O) groups excluding carboxylic acids is 2. The highest BCUT2D eigenvalue weighted by atomic mass is 16.2. The lowest BCUT2D eigenvalue weighted by Crippen LogP contribution is -2.34. The largest absolute Gasteiger partial charge is 0.364 e. The van der Waals surface area contributed by atoms with Gasteiger partial charge in [0.15, 0.2) is 0 Å². The van der Waals surface area contributed by atoms with E-state index in [1.165, 1.54) is 0 Å². The molecule has 1 aromatic heterocycles. The Morgan fingerprint density at radius 2 is 1.76 bits per heavy atom. The number of amides is 2. The first-order valence-electron chi connectivity index (χ1n) is 9.77. The second-order valence-electron chi connectivity index (χ2n) is 7.47. The third-order valence-corrected chi connectivity index (χ3v) is 5.45. The molecule has 4 rings (SSSR count). The molecule has 0 spiro atoms. The summed E-state index contributed by atoms with van der Waals surface area (Å²) in [6.07, 6.45) is 0.536. The number of hydrogen-bond acceptors (Lipinski definition) is 3. The summed E-state index contributed by atoms with van der Waals surface area (Å²) in [6, 6.07) is 15.6. The van der Waals surface area contributed by atoms with Gasteiger partial charge in [-0.1, -0.05) is 48.0 Å². The SMILES string of the molecule is Cc1ccc(C(=O)N2CCc3c(C(N)=O)nc(-c4ccccc4)n3CC2)c(C)c1. The molecule has 0 fully saturated rings. The maximum Gasteiger partial charge on any atom is 0.269 e. The first kappa shape index (κ1) is 18.9. The fourth-order valence-corrected chi connectivity index (χ4v) is 3.99. The summed E-state index contributed by atoms with van der Waals surface area (Å²) < 4.78 is 2.03. The van der Waals surface area contributed by atoms with Crippen molar-refractivity contribution in [2.24, 2.45) is 5.73 Å². The molecule has 2 heterocycles. The van der Waals surface area contributed by atoms with Crippen LogP contribution in [0.5, 0.6) is 0 Å². The van der Waals surface area contributed by atoms with E-state index in [1.807, 2.05) is 71.8 Å². The second kappa shape index (κ2) is 7.54. The minimum absolute atomic E-state index is 0.0168. The number of hydrogen-bond donors (Lipinski definition) is 1. The number of benzene rings is 2. The second-order valence-corrected chi connectivity index (χ2v) is 7.47. The van der Waals surface area contributed by atoms with E-state index in [1.54, 1.807) is 0 Å². The Bertz CT molecular complexity index is 1090. The molecule has 0 bridgehead atoms. The van der Waals surface area contributed by atoms with Gasteiger partial charge in [-0.05, 0) is 25.5 Å². The van der Waals surface area contributed by atoms with Crippen molar-refractivity contribution in [2.75, 3.05) is 13.1 Å². The molecule has 148 valence electrons. The highest BCUT2D eigenvalue weighted by molar-refractivity contribution is 5.96. The topological polar surface area (TPSA) is 81.2 Å². The molecular formula is C23H24N4O2. The smallest absolute Gasteiger partial charge is 0.269 e. The molecule has 0 radical (unpaired) electrons. The van der Waals surface area contributed by atoms with Crippen LogP contribution in [0.1, 0.15) is 37.7 Å². The number of carbonyl (C=O) groups is 2. The van der Waals surface area contributed by atoms with Crippen molar-refractivity contribution in [2.45, 2.75) is 26.8 Å². The molecule has 1 aliphatic heterocycles. The van der Waals surface area contributed by atoms with E-state index in [2.05, 4.69) is 4.98 Å². The molecular weight excluding hydrogens is 364 g/mol. The Balaban J connectivity index is 1.67. The molecule has 0 atom stereocenters. The number of nitrogens with two attached hydrogens (primary N) is 1. The average molecular weight is 388 g/mol. The fourth-order valence-electron chi connectivity index (χ4n) is 3.99. The average Bonchev–Trinajstić information content (AvgIpc) is 2.93. The van der Waals surface area contributed by atoms with Crippen LogP contribution in [-0.2, 0) is 13.0 Å². The van der Waals surface area contributed by atoms with Crippen molar-refractivity contribution in [3.63, 3.8) is 0 Å². The van der Waals surface area contributed by atoms with Crippen LogP contribution in [0.25, 0.3) is 11.4 Å². The first-order valence-corrected chi connectivity index (χ1v) is 9.77. The molecule has 29 heavy (non-hydrogen) atoms. The Labute approximate surface area is 170 Å². The van der Waals surface area contributed by atoms with Crippen molar-refractivity contribution < 1.29 is 9.59 Å². The number of primary amides is 1. The van der Waals surface area contributed by atoms with Crippen LogP contribution in [0.3, 0.4) is 0 Å². The van der Waals surface area contributed by atoms with Gasteiger partial charge in [-0.25, -0.2) is 4.98 Å². The Morgan fingerprint density at radius 1 is 1.00 bits per heavy atom. The molecule has 2 aromatic carbocycles. The Kier molecular flexibility index (Phi) is 4.92. The van der Waals surface area contributed by atoms with Gasteiger partial charge in [0.2, 0.25) is 0 Å². The van der Waals surface area contributed by atoms with Crippen LogP contribution in [0.2, 0.25) is 0 Å². The monoisotopic (exact) mass is 388 g/mol. The molecule has 0 saturated heterocycles. The Hall–Kier alpha value is -3.41. The van der Waals surface area contributed by atoms with Gasteiger partial charge in [-0.2, -0.15) is 0 Å². The van der Waals surface area contributed by atoms with E-state index in [0.29, 0.717) is 31.7 Å². The predicted octanol–water partition coefficient (Wildman–Crippen LogP) is 2.96. The van der Waals surface area contributed by atoms with Gasteiger partial charge >= 0.3 is 0 Å². The van der Waals surface area contributed by atoms with E-state index >= 15 is 0 Å². The Morgan fingerprint density at radius 3 is 2.45 bits per heavy atom. The number of aryl methyl sites for hydroxylation is 2. The zero-order valence-electron chi connectivity index (χ0n) is 16.7. The predicted molar refractivity (Wildman–Crippen MR) is 112 cm³/mol. The minimum atomic E-state index is -0.537. The maximum atomic E-state index is 13.1. The lowest BCUT2D eigenvalue weighted by atomic mass is 10.0. The molecule has 3 aromatic rings. The summed E-state index contributed by atoms with van der Waals surface area (Å²) in [6.45, 7) is 5.62. The molecule has 1 aliphatic rings. The van der Waals surface area contributed by atoms with Crippen LogP contribution < -0.4 is 5.73 Å². The quantitative estimate of drug-likeness (QED) is 0.749. The van der Waals surface area contributed by atoms with E-state index < -0.39 is 5.91 Å². The lowest BCUT2D eigenvalue weighted by Gasteiger charge is -2.21. The lowest BCUT2D eigenvalue weighted by molar-refractivity contribution is 0.0758. The maximum absolute atomic E-state index is 13.1. The summed E-state index contributed by atoms with van der Waals surface area (Å²) in [5.41, 5.74) is 10.5. The van der Waals surface area contributed by atoms with Crippen molar-refractivity contribution in [1.29, 1.82) is 0 Å². The van der Waals surface area contributed by atoms with E-state index in [9.17, 15) is 9.59 Å². The minimum Gasteiger partial charge on any atom is -0.364 e. The van der Waals surface area contributed by atoms with Crippen LogP contribution in [0.15, 0.2) is 48.5 Å². The van der Waals surface area contributed by atoms with Crippen molar-refractivity contribution in [3.05, 3.63) is 76.6 Å². The van der Waals surface area contributed by atoms with Crippen LogP contribution >= 0.6 is 0 Å². The van der Waals surface area contributed by atoms with E-state index in [4.69, 9.17) is 5.73 Å². The van der Waals surface area contributed by atoms with Crippen LogP contribution in [0.4, 0.5) is 0 Å². The third-order valence-electron chi connectivity index (χ3n) is 5.45. The fraction of sp³-hybridized carbons (Fsp3) is 0.261. The molecule has 6 heteroatoms. The number of nitrogens with zero attached hydrogens (tertiary/aromatic N) is 3. The molecule has 0 aliphatic carbocycles. The van der Waals surface area contributed by atoms with E-state index in [-0.39, 0.29) is 5.91 Å². The number of fused-ring (bicyclic) bond motifs is 1. The van der Waals surface area contributed by atoms with Gasteiger partial charge in [0.25, 0.3) is 11.8 Å². The highest BCUT2D eigenvalue weighted by Crippen LogP contribution is 2.25. The molecule has 2 N–H and O–H groups in total. The van der Waals surface area contributed by atoms with Crippen molar-refractivity contribution >= 4 is 11.8 Å².